The van der Waals surface area contributed by atoms with E-state index in [1.807, 2.05) is 6.92 Å². The summed E-state index contributed by atoms with van der Waals surface area (Å²) >= 11 is 0. The molecule has 98 valence electrons. The first-order valence-electron chi connectivity index (χ1n) is 6.90. The normalized spacial score (nSPS) is 21.9. The third kappa shape index (κ3) is 3.83. The first-order valence-corrected chi connectivity index (χ1v) is 6.90. The van der Waals surface area contributed by atoms with E-state index in [-0.39, 0.29) is 17.7 Å². The van der Waals surface area contributed by atoms with Crippen LogP contribution in [0.1, 0.15) is 59.3 Å². The highest BCUT2D eigenvalue weighted by Crippen LogP contribution is 2.26. The lowest BCUT2D eigenvalue weighted by molar-refractivity contribution is -0.135. The zero-order valence-electron chi connectivity index (χ0n) is 11.4. The van der Waals surface area contributed by atoms with Crippen LogP contribution in [0.5, 0.6) is 0 Å². The molecule has 0 N–H and O–H groups in total. The Kier molecular flexibility index (Phi) is 5.66. The molecule has 3 nitrogen and oxygen atoms in total. The molecule has 1 aliphatic rings. The van der Waals surface area contributed by atoms with E-state index in [0.29, 0.717) is 12.3 Å². The zero-order valence-corrected chi connectivity index (χ0v) is 11.4. The van der Waals surface area contributed by atoms with E-state index in [0.717, 1.165) is 19.4 Å². The van der Waals surface area contributed by atoms with Crippen molar-refractivity contribution in [3.05, 3.63) is 0 Å². The standard InChI is InChI=1S/C14H25NO2/c1-4-6-7-8-12-9-14(17)15(10-12)13(5-2)11(3)16/h12-13H,4-10H2,1-3H3. The summed E-state index contributed by atoms with van der Waals surface area (Å²) in [6, 6.07) is -0.182. The molecule has 3 heteroatoms. The molecule has 0 radical (unpaired) electrons. The Morgan fingerprint density at radius 2 is 2.12 bits per heavy atom. The summed E-state index contributed by atoms with van der Waals surface area (Å²) in [5, 5.41) is 0. The van der Waals surface area contributed by atoms with Crippen LogP contribution in [0.4, 0.5) is 0 Å². The number of Topliss-reactive ketones (excluding diaryl/α,β-unsaturated/α-hetero) is 1. The topological polar surface area (TPSA) is 37.4 Å². The number of hydrogen-bond donors (Lipinski definition) is 0. The van der Waals surface area contributed by atoms with Gasteiger partial charge in [0.25, 0.3) is 0 Å². The van der Waals surface area contributed by atoms with E-state index in [1.54, 1.807) is 11.8 Å². The molecule has 2 atom stereocenters. The van der Waals surface area contributed by atoms with Crippen LogP contribution in [0.15, 0.2) is 0 Å². The van der Waals surface area contributed by atoms with E-state index in [2.05, 4.69) is 6.92 Å². The minimum atomic E-state index is -0.182. The number of rotatable bonds is 7. The van der Waals surface area contributed by atoms with E-state index < -0.39 is 0 Å². The second kappa shape index (κ2) is 6.77. The summed E-state index contributed by atoms with van der Waals surface area (Å²) in [5.41, 5.74) is 0. The molecule has 1 fully saturated rings. The number of carbonyl (C=O) groups is 2. The van der Waals surface area contributed by atoms with Crippen LogP contribution in [-0.2, 0) is 9.59 Å². The van der Waals surface area contributed by atoms with Gasteiger partial charge in [-0.1, -0.05) is 33.1 Å². The minimum absolute atomic E-state index is 0.120. The number of hydrogen-bond acceptors (Lipinski definition) is 2. The molecule has 17 heavy (non-hydrogen) atoms. The Morgan fingerprint density at radius 3 is 2.65 bits per heavy atom. The highest BCUT2D eigenvalue weighted by molar-refractivity contribution is 5.88. The fourth-order valence-corrected chi connectivity index (χ4v) is 2.71. The lowest BCUT2D eigenvalue weighted by Crippen LogP contribution is -2.40. The maximum Gasteiger partial charge on any atom is 0.223 e. The van der Waals surface area contributed by atoms with Crippen LogP contribution in [0.3, 0.4) is 0 Å². The predicted octanol–water partition coefficient (Wildman–Crippen LogP) is 2.78. The summed E-state index contributed by atoms with van der Waals surface area (Å²) in [4.78, 5) is 25.2. The van der Waals surface area contributed by atoms with Gasteiger partial charge in [0, 0.05) is 13.0 Å². The average molecular weight is 239 g/mol. The van der Waals surface area contributed by atoms with Gasteiger partial charge in [-0.25, -0.2) is 0 Å². The summed E-state index contributed by atoms with van der Waals surface area (Å²) in [6.07, 6.45) is 6.18. The van der Waals surface area contributed by atoms with Crippen molar-refractivity contribution in [3.63, 3.8) is 0 Å². The molecule has 1 aliphatic heterocycles. The second-order valence-corrected chi connectivity index (χ2v) is 5.15. The molecule has 0 spiro atoms. The number of unbranched alkanes of at least 4 members (excludes halogenated alkanes) is 2. The largest absolute Gasteiger partial charge is 0.332 e. The lowest BCUT2D eigenvalue weighted by Gasteiger charge is -2.25. The molecule has 0 aromatic carbocycles. The average Bonchev–Trinajstić information content (AvgIpc) is 2.61. The highest BCUT2D eigenvalue weighted by Gasteiger charge is 2.34. The van der Waals surface area contributed by atoms with Gasteiger partial charge in [0.2, 0.25) is 5.91 Å². The molecule has 1 heterocycles. The second-order valence-electron chi connectivity index (χ2n) is 5.15. The molecule has 1 amide bonds. The Morgan fingerprint density at radius 1 is 1.41 bits per heavy atom. The van der Waals surface area contributed by atoms with Crippen molar-refractivity contribution in [2.75, 3.05) is 6.54 Å². The van der Waals surface area contributed by atoms with Crippen molar-refractivity contribution in [2.45, 2.75) is 65.3 Å². The molecule has 0 saturated carbocycles. The smallest absolute Gasteiger partial charge is 0.223 e. The highest BCUT2D eigenvalue weighted by atomic mass is 16.2. The van der Waals surface area contributed by atoms with Gasteiger partial charge < -0.3 is 4.90 Å². The molecule has 0 aromatic rings. The van der Waals surface area contributed by atoms with Gasteiger partial charge in [0.1, 0.15) is 0 Å². The fraction of sp³-hybridized carbons (Fsp3) is 0.857. The molecular formula is C14H25NO2. The van der Waals surface area contributed by atoms with Crippen LogP contribution in [-0.4, -0.2) is 29.2 Å². The first kappa shape index (κ1) is 14.2. The number of carbonyl (C=O) groups excluding carboxylic acids is 2. The minimum Gasteiger partial charge on any atom is -0.332 e. The van der Waals surface area contributed by atoms with E-state index in [1.165, 1.54) is 19.3 Å². The summed E-state index contributed by atoms with van der Waals surface area (Å²) < 4.78 is 0. The summed E-state index contributed by atoms with van der Waals surface area (Å²) in [5.74, 6) is 0.769. The molecule has 0 aliphatic carbocycles. The van der Waals surface area contributed by atoms with Crippen molar-refractivity contribution < 1.29 is 9.59 Å². The van der Waals surface area contributed by atoms with Crippen molar-refractivity contribution in [1.82, 2.24) is 4.90 Å². The van der Waals surface area contributed by atoms with E-state index >= 15 is 0 Å². The Labute approximate surface area is 105 Å². The monoisotopic (exact) mass is 239 g/mol. The molecule has 1 saturated heterocycles. The van der Waals surface area contributed by atoms with Crippen LogP contribution < -0.4 is 0 Å². The number of ketones is 1. The van der Waals surface area contributed by atoms with Crippen molar-refractivity contribution in [1.29, 1.82) is 0 Å². The third-order valence-electron chi connectivity index (χ3n) is 3.69. The van der Waals surface area contributed by atoms with Crippen molar-refractivity contribution in [2.24, 2.45) is 5.92 Å². The summed E-state index contributed by atoms with van der Waals surface area (Å²) in [6.45, 7) is 6.55. The first-order chi connectivity index (χ1) is 8.10. The van der Waals surface area contributed by atoms with E-state index in [4.69, 9.17) is 0 Å². The van der Waals surface area contributed by atoms with Gasteiger partial charge >= 0.3 is 0 Å². The number of likely N-dealkylation sites (tertiary alicyclic amines) is 1. The predicted molar refractivity (Wildman–Crippen MR) is 68.7 cm³/mol. The number of nitrogens with zero attached hydrogens (tertiary/aromatic N) is 1. The van der Waals surface area contributed by atoms with Gasteiger partial charge in [0.15, 0.2) is 5.78 Å². The maximum absolute atomic E-state index is 11.9. The molecule has 1 rings (SSSR count). The fourth-order valence-electron chi connectivity index (χ4n) is 2.71. The van der Waals surface area contributed by atoms with Crippen LogP contribution in [0, 0.1) is 5.92 Å². The van der Waals surface area contributed by atoms with E-state index in [9.17, 15) is 9.59 Å². The molecule has 0 aromatic heterocycles. The van der Waals surface area contributed by atoms with Crippen molar-refractivity contribution >= 4 is 11.7 Å². The lowest BCUT2D eigenvalue weighted by atomic mass is 10.0. The Bertz CT molecular complexity index is 275. The van der Waals surface area contributed by atoms with Gasteiger partial charge in [-0.2, -0.15) is 0 Å². The molecule has 0 bridgehead atoms. The van der Waals surface area contributed by atoms with Crippen LogP contribution in [0.25, 0.3) is 0 Å². The Hall–Kier alpha value is -0.860. The zero-order chi connectivity index (χ0) is 12.8. The Balaban J connectivity index is 2.48. The van der Waals surface area contributed by atoms with Gasteiger partial charge in [0.05, 0.1) is 6.04 Å². The quantitative estimate of drug-likeness (QED) is 0.641. The van der Waals surface area contributed by atoms with Crippen molar-refractivity contribution in [3.8, 4) is 0 Å². The number of amides is 1. The molecule has 2 unspecified atom stereocenters. The maximum atomic E-state index is 11.9. The van der Waals surface area contributed by atoms with Crippen LogP contribution >= 0.6 is 0 Å². The summed E-state index contributed by atoms with van der Waals surface area (Å²) in [7, 11) is 0. The van der Waals surface area contributed by atoms with Crippen LogP contribution in [0.2, 0.25) is 0 Å². The molecular weight excluding hydrogens is 214 g/mol. The van der Waals surface area contributed by atoms with Gasteiger partial charge in [-0.05, 0) is 25.7 Å². The SMILES string of the molecule is CCCCCC1CC(=O)N(C(CC)C(C)=O)C1. The van der Waals surface area contributed by atoms with Gasteiger partial charge in [-0.15, -0.1) is 0 Å². The third-order valence-corrected chi connectivity index (χ3v) is 3.69. The van der Waals surface area contributed by atoms with Gasteiger partial charge in [-0.3, -0.25) is 9.59 Å².